The average molecular weight is 299 g/mol. The van der Waals surface area contributed by atoms with Crippen LogP contribution in [0.15, 0.2) is 33.9 Å². The third-order valence-electron chi connectivity index (χ3n) is 1.87. The van der Waals surface area contributed by atoms with Gasteiger partial charge in [0, 0.05) is 10.2 Å². The second-order valence-corrected chi connectivity index (χ2v) is 4.70. The van der Waals surface area contributed by atoms with Gasteiger partial charge in [0.15, 0.2) is 0 Å². The number of benzene rings is 1. The molecule has 1 rings (SSSR count). The largest absolute Gasteiger partial charge is 0.383 e. The number of hydrogen-bond acceptors (Lipinski definition) is 3. The Hall–Kier alpha value is -1.36. The fourth-order valence-electron chi connectivity index (χ4n) is 1.01. The van der Waals surface area contributed by atoms with Gasteiger partial charge in [-0.3, -0.25) is 4.79 Å². The number of nitrogens with one attached hydrogen (secondary N) is 1. The normalized spacial score (nSPS) is 11.5. The summed E-state index contributed by atoms with van der Waals surface area (Å²) in [5.74, 6) is -0.225. The van der Waals surface area contributed by atoms with E-state index in [4.69, 9.17) is 4.84 Å². The zero-order valence-electron chi connectivity index (χ0n) is 10.0. The second-order valence-electron chi connectivity index (χ2n) is 3.78. The van der Waals surface area contributed by atoms with Crippen molar-refractivity contribution in [1.82, 2.24) is 0 Å². The van der Waals surface area contributed by atoms with E-state index in [0.29, 0.717) is 0 Å². The molecule has 1 atom stereocenters. The summed E-state index contributed by atoms with van der Waals surface area (Å²) in [5, 5.41) is 6.49. The third kappa shape index (κ3) is 4.99. The van der Waals surface area contributed by atoms with Crippen LogP contribution < -0.4 is 5.32 Å². The van der Waals surface area contributed by atoms with Crippen molar-refractivity contribution < 1.29 is 9.63 Å². The van der Waals surface area contributed by atoms with Gasteiger partial charge in [-0.15, -0.1) is 0 Å². The van der Waals surface area contributed by atoms with Crippen molar-refractivity contribution in [2.24, 2.45) is 5.16 Å². The standard InChI is InChI=1S/C12H15BrN2O2/c1-8(2)15-17-9(3)12(16)14-11-6-4-10(13)5-7-11/h4-7,9H,1-3H3,(H,14,16). The molecule has 0 saturated heterocycles. The molecule has 1 unspecified atom stereocenters. The Bertz CT molecular complexity index is 411. The van der Waals surface area contributed by atoms with Crippen LogP contribution >= 0.6 is 15.9 Å². The van der Waals surface area contributed by atoms with E-state index in [1.807, 2.05) is 24.3 Å². The van der Waals surface area contributed by atoms with Gasteiger partial charge in [0.25, 0.3) is 5.91 Å². The van der Waals surface area contributed by atoms with Crippen molar-refractivity contribution in [1.29, 1.82) is 0 Å². The summed E-state index contributed by atoms with van der Waals surface area (Å²) in [6.45, 7) is 5.26. The number of halogens is 1. The number of carbonyl (C=O) groups is 1. The molecule has 0 bridgehead atoms. The molecule has 1 aromatic carbocycles. The van der Waals surface area contributed by atoms with Gasteiger partial charge in [-0.2, -0.15) is 0 Å². The van der Waals surface area contributed by atoms with Gasteiger partial charge in [0.05, 0.1) is 5.71 Å². The first kappa shape index (κ1) is 13.7. The summed E-state index contributed by atoms with van der Waals surface area (Å²) in [7, 11) is 0. The Balaban J connectivity index is 2.54. The highest BCUT2D eigenvalue weighted by atomic mass is 79.9. The molecule has 0 spiro atoms. The number of carbonyl (C=O) groups excluding carboxylic acids is 1. The lowest BCUT2D eigenvalue weighted by atomic mass is 10.3. The predicted octanol–water partition coefficient (Wildman–Crippen LogP) is 3.19. The van der Waals surface area contributed by atoms with E-state index in [9.17, 15) is 4.79 Å². The lowest BCUT2D eigenvalue weighted by Crippen LogP contribution is -2.26. The number of rotatable bonds is 4. The molecule has 92 valence electrons. The molecular formula is C12H15BrN2O2. The van der Waals surface area contributed by atoms with Gasteiger partial charge < -0.3 is 10.2 Å². The van der Waals surface area contributed by atoms with Crippen LogP contribution in [0.2, 0.25) is 0 Å². The van der Waals surface area contributed by atoms with E-state index >= 15 is 0 Å². The van der Waals surface area contributed by atoms with Crippen molar-refractivity contribution in [3.05, 3.63) is 28.7 Å². The molecule has 0 aliphatic carbocycles. The van der Waals surface area contributed by atoms with Gasteiger partial charge in [-0.05, 0) is 45.0 Å². The van der Waals surface area contributed by atoms with Gasteiger partial charge in [0.2, 0.25) is 6.10 Å². The Kier molecular flexibility index (Phi) is 5.15. The second kappa shape index (κ2) is 6.39. The molecule has 1 N–H and O–H groups in total. The van der Waals surface area contributed by atoms with E-state index in [-0.39, 0.29) is 5.91 Å². The van der Waals surface area contributed by atoms with Crippen LogP contribution in [-0.2, 0) is 9.63 Å². The van der Waals surface area contributed by atoms with Crippen molar-refractivity contribution in [2.45, 2.75) is 26.9 Å². The van der Waals surface area contributed by atoms with E-state index in [2.05, 4.69) is 26.4 Å². The molecule has 0 aliphatic heterocycles. The summed E-state index contributed by atoms with van der Waals surface area (Å²) < 4.78 is 0.964. The van der Waals surface area contributed by atoms with Crippen LogP contribution in [0.5, 0.6) is 0 Å². The maximum absolute atomic E-state index is 11.7. The molecule has 4 nitrogen and oxygen atoms in total. The third-order valence-corrected chi connectivity index (χ3v) is 2.40. The minimum absolute atomic E-state index is 0.225. The summed E-state index contributed by atoms with van der Waals surface area (Å²) >= 11 is 3.33. The van der Waals surface area contributed by atoms with Crippen molar-refractivity contribution in [3.8, 4) is 0 Å². The highest BCUT2D eigenvalue weighted by Crippen LogP contribution is 2.14. The summed E-state index contributed by atoms with van der Waals surface area (Å²) in [5.41, 5.74) is 1.50. The molecule has 0 radical (unpaired) electrons. The topological polar surface area (TPSA) is 50.7 Å². The molecule has 1 amide bonds. The van der Waals surface area contributed by atoms with Crippen LogP contribution in [0, 0.1) is 0 Å². The molecule has 5 heteroatoms. The zero-order valence-corrected chi connectivity index (χ0v) is 11.6. The first-order valence-corrected chi connectivity index (χ1v) is 6.02. The molecule has 0 fully saturated rings. The van der Waals surface area contributed by atoms with Crippen LogP contribution in [0.25, 0.3) is 0 Å². The van der Waals surface area contributed by atoms with Crippen molar-refractivity contribution >= 4 is 33.2 Å². The minimum atomic E-state index is -0.617. The maximum Gasteiger partial charge on any atom is 0.267 e. The fourth-order valence-corrected chi connectivity index (χ4v) is 1.27. The average Bonchev–Trinajstić information content (AvgIpc) is 2.28. The van der Waals surface area contributed by atoms with Crippen LogP contribution in [0.4, 0.5) is 5.69 Å². The van der Waals surface area contributed by atoms with Crippen LogP contribution in [0.3, 0.4) is 0 Å². The highest BCUT2D eigenvalue weighted by molar-refractivity contribution is 9.10. The van der Waals surface area contributed by atoms with Crippen LogP contribution in [-0.4, -0.2) is 17.7 Å². The smallest absolute Gasteiger partial charge is 0.267 e. The quantitative estimate of drug-likeness (QED) is 0.685. The Labute approximate surface area is 109 Å². The van der Waals surface area contributed by atoms with E-state index < -0.39 is 6.10 Å². The monoisotopic (exact) mass is 298 g/mol. The van der Waals surface area contributed by atoms with Gasteiger partial charge >= 0.3 is 0 Å². The lowest BCUT2D eigenvalue weighted by Gasteiger charge is -2.10. The molecule has 0 saturated carbocycles. The number of anilines is 1. The SMILES string of the molecule is CC(C)=NOC(C)C(=O)Nc1ccc(Br)cc1. The number of nitrogens with zero attached hydrogens (tertiary/aromatic N) is 1. The van der Waals surface area contributed by atoms with Gasteiger partial charge in [-0.25, -0.2) is 0 Å². The Morgan fingerprint density at radius 1 is 1.35 bits per heavy atom. The van der Waals surface area contributed by atoms with E-state index in [0.717, 1.165) is 15.9 Å². The first-order chi connectivity index (χ1) is 7.99. The minimum Gasteiger partial charge on any atom is -0.383 e. The molecule has 0 aromatic heterocycles. The molecule has 1 aromatic rings. The first-order valence-electron chi connectivity index (χ1n) is 5.22. The fraction of sp³-hybridized carbons (Fsp3) is 0.333. The summed E-state index contributed by atoms with van der Waals surface area (Å²) in [6.07, 6.45) is -0.617. The summed E-state index contributed by atoms with van der Waals surface area (Å²) in [4.78, 5) is 16.7. The molecular weight excluding hydrogens is 284 g/mol. The molecule has 17 heavy (non-hydrogen) atoms. The van der Waals surface area contributed by atoms with Gasteiger partial charge in [0.1, 0.15) is 0 Å². The highest BCUT2D eigenvalue weighted by Gasteiger charge is 2.14. The number of hydrogen-bond donors (Lipinski definition) is 1. The summed E-state index contributed by atoms with van der Waals surface area (Å²) in [6, 6.07) is 7.33. The Morgan fingerprint density at radius 2 is 1.94 bits per heavy atom. The number of amides is 1. The van der Waals surface area contributed by atoms with Gasteiger partial charge in [-0.1, -0.05) is 21.1 Å². The van der Waals surface area contributed by atoms with Crippen molar-refractivity contribution in [3.63, 3.8) is 0 Å². The van der Waals surface area contributed by atoms with Crippen LogP contribution in [0.1, 0.15) is 20.8 Å². The van der Waals surface area contributed by atoms with Crippen molar-refractivity contribution in [2.75, 3.05) is 5.32 Å². The Morgan fingerprint density at radius 3 is 2.47 bits per heavy atom. The van der Waals surface area contributed by atoms with E-state index in [1.165, 1.54) is 0 Å². The molecule has 0 aliphatic rings. The zero-order chi connectivity index (χ0) is 12.8. The lowest BCUT2D eigenvalue weighted by molar-refractivity contribution is -0.126. The number of oxime groups is 1. The molecule has 0 heterocycles. The maximum atomic E-state index is 11.7. The van der Waals surface area contributed by atoms with E-state index in [1.54, 1.807) is 20.8 Å². The predicted molar refractivity (Wildman–Crippen MR) is 72.1 cm³/mol.